The van der Waals surface area contributed by atoms with E-state index in [0.29, 0.717) is 120 Å². The number of nitrogens with one attached hydrogen (secondary N) is 5. The third-order valence-electron chi connectivity index (χ3n) is 14.9. The van der Waals surface area contributed by atoms with Crippen LogP contribution < -0.4 is 26.6 Å². The van der Waals surface area contributed by atoms with Crippen LogP contribution in [-0.2, 0) is 48.0 Å². The van der Waals surface area contributed by atoms with E-state index < -0.39 is 6.04 Å². The van der Waals surface area contributed by atoms with Crippen molar-refractivity contribution < 1.29 is 28.5 Å². The van der Waals surface area contributed by atoms with Crippen LogP contribution in [0.1, 0.15) is 97.5 Å². The van der Waals surface area contributed by atoms with Gasteiger partial charge in [-0.05, 0) is 99.9 Å². The third kappa shape index (κ3) is 17.8. The third-order valence-corrected chi connectivity index (χ3v) is 17.3. The van der Waals surface area contributed by atoms with Gasteiger partial charge in [-0.3, -0.25) is 24.0 Å². The number of halogens is 1. The van der Waals surface area contributed by atoms with Gasteiger partial charge in [0.2, 0.25) is 11.8 Å². The number of carbonyl (C=O) groups excluding carboxylic acids is 2. The molecule has 9 rings (SSSR count). The molecule has 2 amide bonds. The van der Waals surface area contributed by atoms with Gasteiger partial charge in [-0.2, -0.15) is 0 Å². The Kier molecular flexibility index (Phi) is 22.3. The van der Waals surface area contributed by atoms with Crippen LogP contribution in [0.3, 0.4) is 0 Å². The summed E-state index contributed by atoms with van der Waals surface area (Å²) in [7, 11) is 0. The zero-order valence-corrected chi connectivity index (χ0v) is 52.1. The largest absolute Gasteiger partial charge is 0.377 e. The van der Waals surface area contributed by atoms with E-state index >= 15 is 0 Å². The monoisotopic (exact) mass is 1220 g/mol. The molecule has 22 nitrogen and oxygen atoms in total. The lowest BCUT2D eigenvalue weighted by atomic mass is 9.88. The predicted octanol–water partition coefficient (Wildman–Crippen LogP) is 8.12. The maximum Gasteiger partial charge on any atom is 0.247 e. The number of hydrogen-bond donors (Lipinski definition) is 5. The molecule has 454 valence electrons. The highest BCUT2D eigenvalue weighted by molar-refractivity contribution is 7.21. The molecule has 0 aliphatic carbocycles. The van der Waals surface area contributed by atoms with Gasteiger partial charge >= 0.3 is 0 Å². The zero-order chi connectivity index (χ0) is 59.9. The Morgan fingerprint density at radius 1 is 0.882 bits per heavy atom. The van der Waals surface area contributed by atoms with E-state index in [1.807, 2.05) is 54.1 Å². The molecule has 1 aromatic carbocycles. The van der Waals surface area contributed by atoms with Crippen molar-refractivity contribution in [1.29, 1.82) is 0 Å². The first-order valence-electron chi connectivity index (χ1n) is 29.1. The van der Waals surface area contributed by atoms with Gasteiger partial charge in [0.05, 0.1) is 77.2 Å². The molecular formula is C60H79ClN16O6S2. The molecule has 0 bridgehead atoms. The van der Waals surface area contributed by atoms with Gasteiger partial charge in [-0.15, -0.1) is 26.6 Å². The second-order valence-electron chi connectivity index (χ2n) is 22.4. The van der Waals surface area contributed by atoms with Crippen LogP contribution in [0.5, 0.6) is 0 Å². The van der Waals surface area contributed by atoms with E-state index in [0.717, 1.165) is 91.7 Å². The van der Waals surface area contributed by atoms with E-state index in [4.69, 9.17) is 45.5 Å². The fraction of sp³-hybridized carbons (Fsp3) is 0.500. The van der Waals surface area contributed by atoms with Gasteiger partial charge in [-0.25, -0.2) is 19.6 Å². The van der Waals surface area contributed by atoms with Crippen LogP contribution in [0.2, 0.25) is 5.02 Å². The highest BCUT2D eigenvalue weighted by Crippen LogP contribution is 2.40. The SMILES string of the molecule is C=C(CN1CC[C@H](Nc2cc(CNC(C)C(C)(C)C)cc(Nc3nc4cccnc4s3)n2)C1)C(=O)NCCCc1cn(CCOCCOCCOCCOCCNC(=O)C[C@H]2N=C(c3ccc(Cl)cc3)c3c(sc(C)c3C)-n3c(C)nnc32)nn1. The lowest BCUT2D eigenvalue weighted by molar-refractivity contribution is -0.121. The molecule has 1 unspecified atom stereocenters. The summed E-state index contributed by atoms with van der Waals surface area (Å²) in [5, 5.41) is 36.6. The smallest absolute Gasteiger partial charge is 0.247 e. The number of thiophene rings is 1. The summed E-state index contributed by atoms with van der Waals surface area (Å²) in [6.07, 6.45) is 6.10. The van der Waals surface area contributed by atoms with Crippen LogP contribution >= 0.6 is 34.3 Å². The zero-order valence-electron chi connectivity index (χ0n) is 49.7. The fourth-order valence-electron chi connectivity index (χ4n) is 9.70. The van der Waals surface area contributed by atoms with Crippen LogP contribution in [0.15, 0.2) is 78.1 Å². The average Bonchev–Trinajstić information content (AvgIpc) is 2.88. The van der Waals surface area contributed by atoms with Crippen molar-refractivity contribution in [2.45, 2.75) is 105 Å². The first-order valence-corrected chi connectivity index (χ1v) is 31.1. The van der Waals surface area contributed by atoms with Crippen molar-refractivity contribution in [2.75, 3.05) is 96.2 Å². The molecule has 85 heavy (non-hydrogen) atoms. The van der Waals surface area contributed by atoms with Crippen molar-refractivity contribution in [2.24, 2.45) is 10.4 Å². The van der Waals surface area contributed by atoms with Crippen LogP contribution in [0.4, 0.5) is 16.8 Å². The molecule has 1 saturated heterocycles. The quantitative estimate of drug-likeness (QED) is 0.0197. The van der Waals surface area contributed by atoms with Gasteiger partial charge in [0.15, 0.2) is 11.0 Å². The molecule has 8 heterocycles. The number of fused-ring (bicyclic) bond motifs is 4. The normalized spacial score (nSPS) is 15.6. The van der Waals surface area contributed by atoms with Gasteiger partial charge in [0, 0.05) is 90.3 Å². The number of benzene rings is 1. The Balaban J connectivity index is 0.584. The molecule has 0 radical (unpaired) electrons. The maximum atomic E-state index is 13.3. The van der Waals surface area contributed by atoms with Gasteiger partial charge in [-0.1, -0.05) is 67.6 Å². The van der Waals surface area contributed by atoms with Crippen molar-refractivity contribution in [1.82, 2.24) is 65.6 Å². The summed E-state index contributed by atoms with van der Waals surface area (Å²) in [5.41, 5.74) is 7.34. The van der Waals surface area contributed by atoms with E-state index in [2.05, 4.69) is 117 Å². The highest BCUT2D eigenvalue weighted by atomic mass is 35.5. The second-order valence-corrected chi connectivity index (χ2v) is 25.0. The van der Waals surface area contributed by atoms with E-state index in [1.165, 1.54) is 16.2 Å². The van der Waals surface area contributed by atoms with Crippen molar-refractivity contribution >= 4 is 78.9 Å². The van der Waals surface area contributed by atoms with E-state index in [1.54, 1.807) is 22.2 Å². The molecule has 0 saturated carbocycles. The number of pyridine rings is 2. The number of aromatic nitrogens is 9. The minimum Gasteiger partial charge on any atom is -0.377 e. The number of anilines is 3. The Morgan fingerprint density at radius 2 is 1.62 bits per heavy atom. The maximum absolute atomic E-state index is 13.3. The van der Waals surface area contributed by atoms with E-state index in [9.17, 15) is 9.59 Å². The summed E-state index contributed by atoms with van der Waals surface area (Å²) in [6.45, 7) is 26.7. The lowest BCUT2D eigenvalue weighted by Crippen LogP contribution is -2.37. The van der Waals surface area contributed by atoms with Gasteiger partial charge < -0.3 is 45.5 Å². The summed E-state index contributed by atoms with van der Waals surface area (Å²) in [6, 6.07) is 15.6. The molecule has 3 atom stereocenters. The molecular weight excluding hydrogens is 1140 g/mol. The molecule has 2 aliphatic heterocycles. The van der Waals surface area contributed by atoms with Crippen LogP contribution in [0, 0.1) is 26.2 Å². The Hall–Kier alpha value is -6.61. The van der Waals surface area contributed by atoms with E-state index in [-0.39, 0.29) is 29.7 Å². The Morgan fingerprint density at radius 3 is 2.38 bits per heavy atom. The number of likely N-dealkylation sites (tertiary alicyclic amines) is 1. The van der Waals surface area contributed by atoms with Crippen molar-refractivity contribution in [3.63, 3.8) is 0 Å². The van der Waals surface area contributed by atoms with Gasteiger partial charge in [0.25, 0.3) is 0 Å². The molecule has 1 fully saturated rings. The molecule has 0 spiro atoms. The Bertz CT molecular complexity index is 3360. The molecule has 5 N–H and O–H groups in total. The Labute approximate surface area is 510 Å². The number of amides is 2. The van der Waals surface area contributed by atoms with Crippen molar-refractivity contribution in [3.8, 4) is 5.00 Å². The topological polar surface area (TPSA) is 247 Å². The average molecular weight is 1220 g/mol. The highest BCUT2D eigenvalue weighted by Gasteiger charge is 2.33. The standard InChI is InChI=1S/C60H79ClN16O6S2/c1-38(35-75-21-17-46(36-75)66-50-31-43(34-65-41(4)60(6,7)8)32-51(69-50)70-59-68-48-12-10-19-64-57(48)85-59)56(79)63-18-9-11-47-37-76(74-72-47)22-24-81-26-28-83-30-29-82-27-25-80-23-20-62-52(78)33-49-55-73-71-42(5)77(55)58-53(39(2)40(3)84-58)54(67-49)44-13-15-45(61)16-14-44/h10,12-16,19,31-32,37,41,46,49,65H,1,9,11,17-18,20-30,33-36H2,2-8H3,(H,62,78)(H,63,79)(H2,66,68,69,70)/t41?,46-,49+/m0/s1. The summed E-state index contributed by atoms with van der Waals surface area (Å²) >= 11 is 9.42. The molecule has 6 aromatic heterocycles. The minimum absolute atomic E-state index is 0.101. The number of ether oxygens (including phenoxy) is 4. The number of thiazole rings is 1. The minimum atomic E-state index is -0.546. The number of aryl methyl sites for hydroxylation is 3. The number of nitrogens with zero attached hydrogens (tertiary/aromatic N) is 11. The van der Waals surface area contributed by atoms with Crippen molar-refractivity contribution in [3.05, 3.63) is 123 Å². The number of carbonyl (C=O) groups is 2. The second kappa shape index (κ2) is 30.1. The van der Waals surface area contributed by atoms with Crippen LogP contribution in [-0.4, -0.2) is 165 Å². The number of hydrogen-bond acceptors (Lipinski definition) is 20. The summed E-state index contributed by atoms with van der Waals surface area (Å²) in [4.78, 5) is 49.9. The first-order chi connectivity index (χ1) is 41.0. The molecule has 2 aliphatic rings. The predicted molar refractivity (Wildman–Crippen MR) is 334 cm³/mol. The van der Waals surface area contributed by atoms with Crippen LogP contribution in [0.25, 0.3) is 15.3 Å². The fourth-order valence-corrected chi connectivity index (χ4v) is 11.9. The lowest BCUT2D eigenvalue weighted by Gasteiger charge is -2.28. The van der Waals surface area contributed by atoms with Gasteiger partial charge in [0.1, 0.15) is 38.9 Å². The molecule has 25 heteroatoms. The number of rotatable bonds is 32. The summed E-state index contributed by atoms with van der Waals surface area (Å²) < 4.78 is 26.6. The summed E-state index contributed by atoms with van der Waals surface area (Å²) in [5.74, 6) is 2.57. The first kappa shape index (κ1) is 62.9. The molecule has 7 aromatic rings. The number of aliphatic imine (C=N–C) groups is 1.